The van der Waals surface area contributed by atoms with Crippen LogP contribution in [0.15, 0.2) is 73.1 Å². The molecule has 6 heterocycles. The van der Waals surface area contributed by atoms with Crippen LogP contribution < -0.4 is 46.1 Å². The molecule has 4 aromatic heterocycles. The van der Waals surface area contributed by atoms with Crippen molar-refractivity contribution in [3.63, 3.8) is 0 Å². The fourth-order valence-corrected chi connectivity index (χ4v) is 17.2. The number of anilines is 2. The number of carboxylic acid groups (broad SMARTS) is 2. The van der Waals surface area contributed by atoms with E-state index in [1.54, 1.807) is 42.4 Å². The van der Waals surface area contributed by atoms with Crippen LogP contribution in [-0.4, -0.2) is 252 Å². The molecule has 11 unspecified atom stereocenters. The first kappa shape index (κ1) is 88.5. The molecule has 2 aromatic carbocycles. The number of carbonyl (C=O) groups is 8. The summed E-state index contributed by atoms with van der Waals surface area (Å²) in [4.78, 5) is 122. The topological polar surface area (TPSA) is 390 Å². The molecule has 8 aliphatic rings. The van der Waals surface area contributed by atoms with Crippen LogP contribution in [0.4, 0.5) is 21.2 Å². The van der Waals surface area contributed by atoms with Gasteiger partial charge in [0, 0.05) is 104 Å². The maximum atomic E-state index is 14.7. The van der Waals surface area contributed by atoms with E-state index in [1.165, 1.54) is 22.6 Å². The summed E-state index contributed by atoms with van der Waals surface area (Å²) in [7, 11) is 7.99. The number of hydrogen-bond acceptors (Lipinski definition) is 22. The molecule has 32 nitrogen and oxygen atoms in total. The van der Waals surface area contributed by atoms with Crippen LogP contribution in [0.3, 0.4) is 0 Å². The highest BCUT2D eigenvalue weighted by Crippen LogP contribution is 2.54. The summed E-state index contributed by atoms with van der Waals surface area (Å²) in [5.41, 5.74) is -2.80. The summed E-state index contributed by atoms with van der Waals surface area (Å²) in [6, 6.07) is 15.1. The SMILES string of the molecule is CC(C)Nc1ccn(-c2cc(Cl)c3ccc(OCCN(C)C)cc3n2)n1.CCC1CC1(NC(=O)C1CC(O)CN1C(=O)[C@@H](NC(=O)OC1CC2CC2C1)C(C)(C)C)C(=O)O.CCC1CC1(NC(=O)C1C[C@@H](Oc2cc(-n3ccc(NC(C)C)n3)nc3cc(OCCN(C)C)ccc23)CN1C(=O)[C@@H](NC(=O)OC1CC2CC2C1)C(C)(C)C)C(=O)O. The monoisotopic (exact) mass is 1670 g/mol. The maximum absolute atomic E-state index is 14.7. The van der Waals surface area contributed by atoms with Gasteiger partial charge in [0.2, 0.25) is 23.6 Å². The quantitative estimate of drug-likeness (QED) is 0.0202. The van der Waals surface area contributed by atoms with E-state index in [0.29, 0.717) is 113 Å². The summed E-state index contributed by atoms with van der Waals surface area (Å²) in [6.45, 7) is 25.5. The zero-order valence-corrected chi connectivity index (χ0v) is 72.1. The van der Waals surface area contributed by atoms with Crippen LogP contribution in [0.1, 0.15) is 160 Å². The van der Waals surface area contributed by atoms with Crippen molar-refractivity contribution in [2.75, 3.05) is 78.2 Å². The summed E-state index contributed by atoms with van der Waals surface area (Å²) in [5, 5.41) is 59.1. The standard InChI is InChI=1S/C43H60N8O8.C24H37N3O7.C19H24ClN5O/c1-9-27-22-43(27,40(54)55)47-38(52)33-20-30(23-50(33)39(53)37(42(4,5)6)46-41(56)59-29-17-25-16-26(25)18-29)58-34-21-36(51-13-12-35(48-51)44-24(2)3)45-32-19-28(10-11-31(32)34)57-15-14-49(7)8;1-5-14-10-24(14,21(31)32)26-19(29)17-9-15(28)11-27(17)20(30)18(23(2,3)4)25-22(33)34-16-7-12-6-13(12)8-16;1-13(2)21-18-7-8-25(23-18)19-12-16(20)15-6-5-14(11-17(15)22-19)26-10-9-24(3)4/h10-13,19,21,24-27,29-30,33,37H,9,14-18,20,22-23H2,1-8H3,(H,44,48)(H,46,56)(H,47,52)(H,54,55);12-18,28H,5-11H2,1-4H3,(H,25,33)(H,26,29)(H,31,32);5-8,11-13H,9-10H2,1-4H3,(H,21,23)/t25?,26?,27?,29?,30-,33?,37-,43?;12?,13?,14?,15?,16?,17?,18-,24?;/m11./s1. The molecule has 14 rings (SSSR count). The number of likely N-dealkylation sites (N-methyl/N-ethyl adjacent to an activating group) is 2. The predicted octanol–water partition coefficient (Wildman–Crippen LogP) is 9.93. The van der Waals surface area contributed by atoms with Gasteiger partial charge in [-0.2, -0.15) is 0 Å². The molecule has 119 heavy (non-hydrogen) atoms. The number of aliphatic hydroxyl groups is 1. The Balaban J connectivity index is 0.000000182. The van der Waals surface area contributed by atoms with Crippen molar-refractivity contribution in [2.45, 2.75) is 232 Å². The summed E-state index contributed by atoms with van der Waals surface area (Å²) >= 11 is 6.46. The number of halogens is 1. The van der Waals surface area contributed by atoms with Crippen LogP contribution >= 0.6 is 11.6 Å². The molecule has 0 spiro atoms. The number of aliphatic hydroxyl groups excluding tert-OH is 1. The molecule has 9 N–H and O–H groups in total. The number of alkyl carbamates (subject to hydrolysis) is 2. The lowest BCUT2D eigenvalue weighted by molar-refractivity contribution is -0.146. The number of ether oxygens (including phenoxy) is 5. The van der Waals surface area contributed by atoms with Gasteiger partial charge in [-0.05, 0) is 178 Å². The van der Waals surface area contributed by atoms with Gasteiger partial charge in [-0.15, -0.1) is 10.2 Å². The average Bonchev–Trinajstić information content (AvgIpc) is 1.56. The van der Waals surface area contributed by atoms with Gasteiger partial charge >= 0.3 is 24.1 Å². The van der Waals surface area contributed by atoms with Crippen molar-refractivity contribution in [2.24, 2.45) is 46.3 Å². The number of likely N-dealkylation sites (tertiary alicyclic amines) is 2. The molecule has 6 saturated carbocycles. The van der Waals surface area contributed by atoms with Gasteiger partial charge in [-0.25, -0.2) is 38.5 Å². The number of benzene rings is 2. The van der Waals surface area contributed by atoms with Crippen LogP contribution in [-0.2, 0) is 38.2 Å². The molecule has 8 fully saturated rings. The molecule has 6 aliphatic carbocycles. The number of nitrogens with one attached hydrogen (secondary N) is 6. The van der Waals surface area contributed by atoms with Gasteiger partial charge in [0.05, 0.1) is 28.7 Å². The zero-order chi connectivity index (χ0) is 86.1. The Morgan fingerprint density at radius 1 is 0.555 bits per heavy atom. The molecule has 2 aliphatic heterocycles. The second-order valence-electron chi connectivity index (χ2n) is 36.9. The number of carbonyl (C=O) groups excluding carboxylic acids is 6. The zero-order valence-electron chi connectivity index (χ0n) is 71.4. The minimum atomic E-state index is -1.40. The highest BCUT2D eigenvalue weighted by molar-refractivity contribution is 6.35. The highest BCUT2D eigenvalue weighted by atomic mass is 35.5. The lowest BCUT2D eigenvalue weighted by Crippen LogP contribution is -2.59. The second-order valence-corrected chi connectivity index (χ2v) is 37.3. The third kappa shape index (κ3) is 21.5. The molecule has 6 aromatic rings. The van der Waals surface area contributed by atoms with Crippen LogP contribution in [0.5, 0.6) is 17.2 Å². The van der Waals surface area contributed by atoms with E-state index in [2.05, 4.69) is 60.8 Å². The predicted molar refractivity (Wildman–Crippen MR) is 448 cm³/mol. The van der Waals surface area contributed by atoms with Crippen molar-refractivity contribution < 1.29 is 77.4 Å². The molecule has 14 atom stereocenters. The number of aliphatic carboxylic acids is 2. The Kier molecular flexibility index (Phi) is 27.0. The van der Waals surface area contributed by atoms with Gasteiger partial charge in [0.15, 0.2) is 11.6 Å². The smallest absolute Gasteiger partial charge is 0.408 e. The maximum Gasteiger partial charge on any atom is 0.408 e. The third-order valence-electron chi connectivity index (χ3n) is 23.9. The van der Waals surface area contributed by atoms with Gasteiger partial charge in [-0.3, -0.25) is 19.2 Å². The first-order valence-corrected chi connectivity index (χ1v) is 42.4. The largest absolute Gasteiger partial charge is 0.492 e. The Morgan fingerprint density at radius 3 is 1.39 bits per heavy atom. The van der Waals surface area contributed by atoms with Crippen molar-refractivity contribution >= 4 is 92.8 Å². The number of hydrogen-bond donors (Lipinski definition) is 9. The van der Waals surface area contributed by atoms with Crippen LogP contribution in [0.25, 0.3) is 33.4 Å². The molecule has 648 valence electrons. The number of nitrogens with zero attached hydrogens (tertiary/aromatic N) is 10. The number of fused-ring (bicyclic) bond motifs is 4. The van der Waals surface area contributed by atoms with E-state index in [4.69, 9.17) is 45.3 Å². The van der Waals surface area contributed by atoms with Gasteiger partial charge in [-0.1, -0.05) is 79.8 Å². The van der Waals surface area contributed by atoms with Crippen molar-refractivity contribution in [1.29, 1.82) is 0 Å². The molecule has 2 saturated heterocycles. The number of β-amino-alcohol motifs (C(OH)–C–C–N with tert-alkyl or cyclic N) is 1. The first-order valence-electron chi connectivity index (χ1n) is 42.0. The van der Waals surface area contributed by atoms with Crippen molar-refractivity contribution in [1.82, 2.24) is 70.4 Å². The van der Waals surface area contributed by atoms with E-state index in [1.807, 2.05) is 142 Å². The number of carboxylic acids is 2. The Hall–Kier alpha value is -9.79. The number of aromatic nitrogens is 6. The number of pyridine rings is 2. The van der Waals surface area contributed by atoms with Crippen molar-refractivity contribution in [3.05, 3.63) is 78.1 Å². The van der Waals surface area contributed by atoms with Gasteiger partial charge < -0.3 is 90.5 Å². The lowest BCUT2D eigenvalue weighted by atomic mass is 9.85. The van der Waals surface area contributed by atoms with E-state index >= 15 is 0 Å². The number of rotatable bonds is 30. The molecule has 0 bridgehead atoms. The first-order chi connectivity index (χ1) is 56.2. The van der Waals surface area contributed by atoms with E-state index in [9.17, 15) is 53.7 Å². The lowest BCUT2D eigenvalue weighted by Gasteiger charge is -2.35. The fourth-order valence-electron chi connectivity index (χ4n) is 17.0. The summed E-state index contributed by atoms with van der Waals surface area (Å²) < 4.78 is 33.3. The van der Waals surface area contributed by atoms with Gasteiger partial charge in [0.1, 0.15) is 95.7 Å². The molecular formula is C86H121ClN16O16. The minimum Gasteiger partial charge on any atom is -0.492 e. The van der Waals surface area contributed by atoms with Crippen LogP contribution in [0.2, 0.25) is 5.02 Å². The highest BCUT2D eigenvalue weighted by Gasteiger charge is 2.63. The molecule has 6 amide bonds. The third-order valence-corrected chi connectivity index (χ3v) is 24.3. The van der Waals surface area contributed by atoms with E-state index < -0.39 is 106 Å². The summed E-state index contributed by atoms with van der Waals surface area (Å²) in [6.07, 6.45) is 8.09. The fraction of sp³-hybridized carbons (Fsp3) is 0.628. The molecular weight excluding hydrogens is 1550 g/mol. The van der Waals surface area contributed by atoms with Crippen molar-refractivity contribution in [3.8, 4) is 28.9 Å². The Bertz CT molecular complexity index is 4680. The van der Waals surface area contributed by atoms with Gasteiger partial charge in [0.25, 0.3) is 0 Å². The van der Waals surface area contributed by atoms with Crippen LogP contribution in [0, 0.1) is 46.3 Å². The van der Waals surface area contributed by atoms with E-state index in [-0.39, 0.29) is 56.0 Å². The van der Waals surface area contributed by atoms with E-state index in [0.717, 1.165) is 61.2 Å². The molecule has 33 heteroatoms. The number of amides is 6. The average molecular weight is 1670 g/mol. The second kappa shape index (κ2) is 36.3. The summed E-state index contributed by atoms with van der Waals surface area (Å²) in [5.74, 6) is 2.28. The Labute approximate surface area is 700 Å². The Morgan fingerprint density at radius 2 is 0.975 bits per heavy atom. The molecule has 0 radical (unpaired) electrons. The normalized spacial score (nSPS) is 26.1. The minimum absolute atomic E-state index is 0.00139.